The third-order valence-corrected chi connectivity index (χ3v) is 4.15. The van der Waals surface area contributed by atoms with Crippen molar-refractivity contribution >= 4 is 23.8 Å². The first-order valence-electron chi connectivity index (χ1n) is 9.03. The molecule has 0 bridgehead atoms. The molecule has 0 aromatic heterocycles. The molecular formula is C22H17N3O6. The van der Waals surface area contributed by atoms with Gasteiger partial charge in [-0.1, -0.05) is 17.7 Å². The van der Waals surface area contributed by atoms with Gasteiger partial charge in [0.25, 0.3) is 5.91 Å². The Morgan fingerprint density at radius 1 is 1.06 bits per heavy atom. The first-order valence-corrected chi connectivity index (χ1v) is 9.03. The number of nitro groups is 1. The second kappa shape index (κ2) is 9.31. The molecule has 9 nitrogen and oxygen atoms in total. The van der Waals surface area contributed by atoms with E-state index < -0.39 is 22.5 Å². The Hall–Kier alpha value is -4.53. The molecule has 1 amide bonds. The number of nitrogens with one attached hydrogen (secondary N) is 1. The van der Waals surface area contributed by atoms with Gasteiger partial charge in [-0.2, -0.15) is 5.10 Å². The number of nitrogens with zero attached hydrogens (tertiary/aromatic N) is 2. The maximum absolute atomic E-state index is 12.3. The number of aryl methyl sites for hydroxylation is 1. The van der Waals surface area contributed by atoms with Crippen molar-refractivity contribution in [3.63, 3.8) is 0 Å². The Morgan fingerprint density at radius 2 is 1.81 bits per heavy atom. The summed E-state index contributed by atoms with van der Waals surface area (Å²) in [4.78, 5) is 35.0. The van der Waals surface area contributed by atoms with E-state index in [1.165, 1.54) is 48.7 Å². The lowest BCUT2D eigenvalue weighted by molar-refractivity contribution is -0.385. The van der Waals surface area contributed by atoms with E-state index in [0.717, 1.165) is 5.56 Å². The van der Waals surface area contributed by atoms with E-state index >= 15 is 0 Å². The van der Waals surface area contributed by atoms with Crippen molar-refractivity contribution in [1.82, 2.24) is 5.43 Å². The highest BCUT2D eigenvalue weighted by molar-refractivity contribution is 5.95. The molecule has 31 heavy (non-hydrogen) atoms. The van der Waals surface area contributed by atoms with Gasteiger partial charge in [0.15, 0.2) is 0 Å². The van der Waals surface area contributed by atoms with Crippen LogP contribution in [0.25, 0.3) is 0 Å². The van der Waals surface area contributed by atoms with Crippen LogP contribution in [0.4, 0.5) is 5.69 Å². The fourth-order valence-corrected chi connectivity index (χ4v) is 2.62. The molecule has 0 fully saturated rings. The zero-order chi connectivity index (χ0) is 22.4. The summed E-state index contributed by atoms with van der Waals surface area (Å²) in [6.45, 7) is 1.81. The van der Waals surface area contributed by atoms with Crippen molar-refractivity contribution < 1.29 is 24.4 Å². The Morgan fingerprint density at radius 3 is 2.48 bits per heavy atom. The molecule has 0 aliphatic rings. The highest BCUT2D eigenvalue weighted by Crippen LogP contribution is 2.28. The summed E-state index contributed by atoms with van der Waals surface area (Å²) >= 11 is 0. The monoisotopic (exact) mass is 419 g/mol. The number of hydrazone groups is 1. The van der Waals surface area contributed by atoms with Gasteiger partial charge in [0.2, 0.25) is 5.75 Å². The SMILES string of the molecule is Cc1cccc(C(=O)Oc2ccc(/C=N\NC(=O)c3ccc(O)cc3)cc2[N+](=O)[O-])c1. The number of phenolic OH excluding ortho intramolecular Hbond substituents is 1. The maximum atomic E-state index is 12.3. The van der Waals surface area contributed by atoms with Gasteiger partial charge in [-0.05, 0) is 55.5 Å². The van der Waals surface area contributed by atoms with Crippen LogP contribution in [-0.4, -0.2) is 28.1 Å². The fourth-order valence-electron chi connectivity index (χ4n) is 2.62. The summed E-state index contributed by atoms with van der Waals surface area (Å²) in [5.74, 6) is -1.42. The number of carbonyl (C=O) groups is 2. The number of hydrogen-bond donors (Lipinski definition) is 2. The molecule has 0 unspecified atom stereocenters. The Balaban J connectivity index is 1.73. The summed E-state index contributed by atoms with van der Waals surface area (Å²) in [6, 6.07) is 16.2. The average molecular weight is 419 g/mol. The zero-order valence-electron chi connectivity index (χ0n) is 16.3. The molecular weight excluding hydrogens is 402 g/mol. The Bertz CT molecular complexity index is 1170. The van der Waals surface area contributed by atoms with Crippen LogP contribution in [0.1, 0.15) is 31.8 Å². The van der Waals surface area contributed by atoms with Crippen molar-refractivity contribution in [2.24, 2.45) is 5.10 Å². The number of nitro benzene ring substituents is 1. The van der Waals surface area contributed by atoms with E-state index in [1.54, 1.807) is 18.2 Å². The largest absolute Gasteiger partial charge is 0.508 e. The van der Waals surface area contributed by atoms with Crippen molar-refractivity contribution in [3.05, 3.63) is 99.1 Å². The molecule has 3 aromatic rings. The predicted octanol–water partition coefficient (Wildman–Crippen LogP) is 3.59. The fraction of sp³-hybridized carbons (Fsp3) is 0.0455. The summed E-state index contributed by atoms with van der Waals surface area (Å²) in [6.07, 6.45) is 1.22. The molecule has 0 aliphatic heterocycles. The van der Waals surface area contributed by atoms with E-state index in [-0.39, 0.29) is 22.6 Å². The number of rotatable bonds is 6. The number of phenols is 1. The third-order valence-electron chi connectivity index (χ3n) is 4.15. The van der Waals surface area contributed by atoms with Gasteiger partial charge < -0.3 is 9.84 Å². The van der Waals surface area contributed by atoms with Gasteiger partial charge in [-0.15, -0.1) is 0 Å². The Labute approximate surface area is 176 Å². The molecule has 0 saturated heterocycles. The van der Waals surface area contributed by atoms with E-state index in [1.807, 2.05) is 13.0 Å². The molecule has 0 saturated carbocycles. The van der Waals surface area contributed by atoms with Crippen molar-refractivity contribution in [3.8, 4) is 11.5 Å². The summed E-state index contributed by atoms with van der Waals surface area (Å²) in [5.41, 5.74) is 3.58. The molecule has 2 N–H and O–H groups in total. The van der Waals surface area contributed by atoms with Crippen molar-refractivity contribution in [2.75, 3.05) is 0 Å². The van der Waals surface area contributed by atoms with Gasteiger partial charge in [0.1, 0.15) is 5.75 Å². The number of benzene rings is 3. The number of esters is 1. The minimum absolute atomic E-state index is 0.0237. The summed E-state index contributed by atoms with van der Waals surface area (Å²) in [5, 5.41) is 24.4. The standard InChI is InChI=1S/C22H17N3O6/c1-14-3-2-4-17(11-14)22(28)31-20-10-5-15(12-19(20)25(29)30)13-23-24-21(27)16-6-8-18(26)9-7-16/h2-13,26H,1H3,(H,24,27)/b23-13-. The first-order chi connectivity index (χ1) is 14.8. The quantitative estimate of drug-likeness (QED) is 0.206. The number of aromatic hydroxyl groups is 1. The zero-order valence-corrected chi connectivity index (χ0v) is 16.3. The molecule has 0 spiro atoms. The lowest BCUT2D eigenvalue weighted by Gasteiger charge is -2.06. The molecule has 0 aliphatic carbocycles. The van der Waals surface area contributed by atoms with Gasteiger partial charge in [0, 0.05) is 17.2 Å². The molecule has 9 heteroatoms. The smallest absolute Gasteiger partial charge is 0.343 e. The van der Waals surface area contributed by atoms with Crippen LogP contribution in [-0.2, 0) is 0 Å². The van der Waals surface area contributed by atoms with Crippen LogP contribution >= 0.6 is 0 Å². The van der Waals surface area contributed by atoms with Crippen LogP contribution in [0.3, 0.4) is 0 Å². The lowest BCUT2D eigenvalue weighted by Crippen LogP contribution is -2.17. The highest BCUT2D eigenvalue weighted by Gasteiger charge is 2.19. The van der Waals surface area contributed by atoms with Crippen molar-refractivity contribution in [2.45, 2.75) is 6.92 Å². The second-order valence-electron chi connectivity index (χ2n) is 6.49. The number of carbonyl (C=O) groups excluding carboxylic acids is 2. The van der Waals surface area contributed by atoms with Gasteiger partial charge >= 0.3 is 11.7 Å². The van der Waals surface area contributed by atoms with Crippen LogP contribution in [0.5, 0.6) is 11.5 Å². The third kappa shape index (κ3) is 5.51. The van der Waals surface area contributed by atoms with Crippen molar-refractivity contribution in [1.29, 1.82) is 0 Å². The van der Waals surface area contributed by atoms with Crippen LogP contribution in [0.2, 0.25) is 0 Å². The summed E-state index contributed by atoms with van der Waals surface area (Å²) < 4.78 is 5.20. The normalized spacial score (nSPS) is 10.6. The number of ether oxygens (including phenoxy) is 1. The Kier molecular flexibility index (Phi) is 6.36. The van der Waals surface area contributed by atoms with Gasteiger partial charge in [-0.3, -0.25) is 14.9 Å². The molecule has 156 valence electrons. The van der Waals surface area contributed by atoms with E-state index in [0.29, 0.717) is 5.56 Å². The average Bonchev–Trinajstić information content (AvgIpc) is 2.75. The molecule has 3 aromatic carbocycles. The van der Waals surface area contributed by atoms with E-state index in [9.17, 15) is 24.8 Å². The van der Waals surface area contributed by atoms with Gasteiger partial charge in [-0.25, -0.2) is 10.2 Å². The van der Waals surface area contributed by atoms with Crippen LogP contribution in [0.15, 0.2) is 71.8 Å². The van der Waals surface area contributed by atoms with Gasteiger partial charge in [0.05, 0.1) is 16.7 Å². The topological polar surface area (TPSA) is 131 Å². The molecule has 0 heterocycles. The number of hydrogen-bond acceptors (Lipinski definition) is 7. The van der Waals surface area contributed by atoms with E-state index in [4.69, 9.17) is 4.74 Å². The lowest BCUT2D eigenvalue weighted by atomic mass is 10.1. The molecule has 3 rings (SSSR count). The molecule has 0 atom stereocenters. The van der Waals surface area contributed by atoms with Crippen LogP contribution in [0, 0.1) is 17.0 Å². The first kappa shape index (κ1) is 21.2. The van der Waals surface area contributed by atoms with E-state index in [2.05, 4.69) is 10.5 Å². The molecule has 0 radical (unpaired) electrons. The predicted molar refractivity (Wildman–Crippen MR) is 112 cm³/mol. The summed E-state index contributed by atoms with van der Waals surface area (Å²) in [7, 11) is 0. The number of amides is 1. The minimum Gasteiger partial charge on any atom is -0.508 e. The minimum atomic E-state index is -0.714. The maximum Gasteiger partial charge on any atom is 0.343 e. The highest BCUT2D eigenvalue weighted by atomic mass is 16.6. The second-order valence-corrected chi connectivity index (χ2v) is 6.49. The van der Waals surface area contributed by atoms with Crippen LogP contribution < -0.4 is 10.2 Å².